The Balaban J connectivity index is 0.00000176. The van der Waals surface area contributed by atoms with Crippen molar-refractivity contribution in [3.05, 3.63) is 57.2 Å². The van der Waals surface area contributed by atoms with E-state index < -0.39 is 0 Å². The number of hydrogen-bond donors (Lipinski definition) is 1. The minimum absolute atomic E-state index is 0. The van der Waals surface area contributed by atoms with Gasteiger partial charge in [-0.05, 0) is 23.3 Å². The number of halogens is 1. The summed E-state index contributed by atoms with van der Waals surface area (Å²) in [6.45, 7) is 3.49. The van der Waals surface area contributed by atoms with Crippen LogP contribution in [0.5, 0.6) is 0 Å². The number of thiophene rings is 1. The summed E-state index contributed by atoms with van der Waals surface area (Å²) in [5.41, 5.74) is 2.23. The summed E-state index contributed by atoms with van der Waals surface area (Å²) < 4.78 is 0. The van der Waals surface area contributed by atoms with Crippen molar-refractivity contribution in [2.45, 2.75) is 12.6 Å². The van der Waals surface area contributed by atoms with Crippen molar-refractivity contribution in [2.24, 2.45) is 0 Å². The van der Waals surface area contributed by atoms with Gasteiger partial charge in [0.05, 0.1) is 4.92 Å². The van der Waals surface area contributed by atoms with E-state index >= 15 is 0 Å². The number of hydrogen-bond acceptors (Lipinski definition) is 6. The molecule has 1 fully saturated rings. The number of pyridine rings is 1. The van der Waals surface area contributed by atoms with Crippen molar-refractivity contribution in [3.63, 3.8) is 0 Å². The number of aromatic nitrogens is 1. The minimum atomic E-state index is -0.327. The molecule has 0 amide bonds. The number of nitro groups is 1. The van der Waals surface area contributed by atoms with Crippen LogP contribution in [0.2, 0.25) is 0 Å². The van der Waals surface area contributed by atoms with Crippen LogP contribution in [0.1, 0.15) is 17.2 Å². The molecule has 0 aromatic carbocycles. The second kappa shape index (κ2) is 7.64. The SMILES string of the molecule is Cl.O=[N+]([O-])c1cc(CN2CCNCC2c2ccncc2)cs1. The maximum Gasteiger partial charge on any atom is 0.324 e. The Morgan fingerprint density at radius 3 is 2.91 bits per heavy atom. The van der Waals surface area contributed by atoms with Gasteiger partial charge in [0, 0.05) is 56.1 Å². The first-order valence-corrected chi connectivity index (χ1v) is 7.68. The zero-order chi connectivity index (χ0) is 14.7. The van der Waals surface area contributed by atoms with E-state index in [2.05, 4.69) is 15.2 Å². The minimum Gasteiger partial charge on any atom is -0.314 e. The van der Waals surface area contributed by atoms with Crippen molar-refractivity contribution in [1.29, 1.82) is 0 Å². The first-order chi connectivity index (χ1) is 10.2. The van der Waals surface area contributed by atoms with Gasteiger partial charge >= 0.3 is 5.00 Å². The predicted molar refractivity (Wildman–Crippen MR) is 88.5 cm³/mol. The van der Waals surface area contributed by atoms with Gasteiger partial charge in [0.1, 0.15) is 0 Å². The smallest absolute Gasteiger partial charge is 0.314 e. The Kier molecular flexibility index (Phi) is 5.84. The molecule has 0 radical (unpaired) electrons. The van der Waals surface area contributed by atoms with Gasteiger partial charge in [-0.1, -0.05) is 11.3 Å². The lowest BCUT2D eigenvalue weighted by molar-refractivity contribution is -0.380. The van der Waals surface area contributed by atoms with Crippen molar-refractivity contribution in [3.8, 4) is 0 Å². The highest BCUT2D eigenvalue weighted by atomic mass is 35.5. The fraction of sp³-hybridized carbons (Fsp3) is 0.357. The molecule has 1 unspecified atom stereocenters. The highest BCUT2D eigenvalue weighted by molar-refractivity contribution is 7.13. The molecule has 22 heavy (non-hydrogen) atoms. The molecule has 1 N–H and O–H groups in total. The third-order valence-corrected chi connectivity index (χ3v) is 4.58. The van der Waals surface area contributed by atoms with Gasteiger partial charge in [-0.15, -0.1) is 12.4 Å². The molecular weight excluding hydrogens is 324 g/mol. The van der Waals surface area contributed by atoms with Crippen LogP contribution in [0.15, 0.2) is 36.0 Å². The third kappa shape index (κ3) is 3.80. The summed E-state index contributed by atoms with van der Waals surface area (Å²) >= 11 is 1.19. The van der Waals surface area contributed by atoms with Crippen LogP contribution in [-0.4, -0.2) is 34.4 Å². The maximum absolute atomic E-state index is 10.8. The molecule has 0 spiro atoms. The molecule has 6 nitrogen and oxygen atoms in total. The maximum atomic E-state index is 10.8. The Morgan fingerprint density at radius 2 is 2.23 bits per heavy atom. The summed E-state index contributed by atoms with van der Waals surface area (Å²) in [6, 6.07) is 6.01. The van der Waals surface area contributed by atoms with Crippen LogP contribution >= 0.6 is 23.7 Å². The largest absolute Gasteiger partial charge is 0.324 e. The highest BCUT2D eigenvalue weighted by Crippen LogP contribution is 2.27. The van der Waals surface area contributed by atoms with E-state index in [1.165, 1.54) is 16.9 Å². The van der Waals surface area contributed by atoms with Crippen molar-refractivity contribution < 1.29 is 4.92 Å². The number of nitrogens with one attached hydrogen (secondary N) is 1. The van der Waals surface area contributed by atoms with Gasteiger partial charge in [0.25, 0.3) is 0 Å². The van der Waals surface area contributed by atoms with E-state index in [9.17, 15) is 10.1 Å². The average molecular weight is 341 g/mol. The van der Waals surface area contributed by atoms with Crippen LogP contribution in [0, 0.1) is 10.1 Å². The quantitative estimate of drug-likeness (QED) is 0.684. The number of piperazine rings is 1. The van der Waals surface area contributed by atoms with Crippen molar-refractivity contribution >= 4 is 28.7 Å². The zero-order valence-corrected chi connectivity index (χ0v) is 13.5. The van der Waals surface area contributed by atoms with Crippen molar-refractivity contribution in [2.75, 3.05) is 19.6 Å². The molecule has 0 bridgehead atoms. The van der Waals surface area contributed by atoms with Crippen LogP contribution < -0.4 is 5.32 Å². The van der Waals surface area contributed by atoms with Crippen molar-refractivity contribution in [1.82, 2.24) is 15.2 Å². The van der Waals surface area contributed by atoms with Gasteiger partial charge in [-0.2, -0.15) is 0 Å². The number of rotatable bonds is 4. The topological polar surface area (TPSA) is 71.3 Å². The van der Waals surface area contributed by atoms with E-state index in [0.717, 1.165) is 31.7 Å². The predicted octanol–water partition coefficient (Wildman–Crippen LogP) is 2.62. The summed E-state index contributed by atoms with van der Waals surface area (Å²) in [7, 11) is 0. The first-order valence-electron chi connectivity index (χ1n) is 6.80. The molecule has 8 heteroatoms. The van der Waals surface area contributed by atoms with Crippen LogP contribution in [0.25, 0.3) is 0 Å². The van der Waals surface area contributed by atoms with E-state index in [0.29, 0.717) is 0 Å². The molecular formula is C14H17ClN4O2S. The average Bonchev–Trinajstić information content (AvgIpc) is 2.98. The third-order valence-electron chi connectivity index (χ3n) is 3.65. The summed E-state index contributed by atoms with van der Waals surface area (Å²) in [5.74, 6) is 0. The van der Waals surface area contributed by atoms with E-state index in [1.807, 2.05) is 17.5 Å². The van der Waals surface area contributed by atoms with Gasteiger partial charge in [-0.3, -0.25) is 20.0 Å². The molecule has 1 saturated heterocycles. The molecule has 118 valence electrons. The summed E-state index contributed by atoms with van der Waals surface area (Å²) in [6.07, 6.45) is 3.61. The second-order valence-corrected chi connectivity index (χ2v) is 5.91. The van der Waals surface area contributed by atoms with E-state index in [1.54, 1.807) is 18.5 Å². The van der Waals surface area contributed by atoms with Crippen LogP contribution in [0.4, 0.5) is 5.00 Å². The van der Waals surface area contributed by atoms with Gasteiger partial charge in [-0.25, -0.2) is 0 Å². The second-order valence-electron chi connectivity index (χ2n) is 5.02. The van der Waals surface area contributed by atoms with E-state index in [4.69, 9.17) is 0 Å². The lowest BCUT2D eigenvalue weighted by Gasteiger charge is -2.36. The number of nitrogens with zero attached hydrogens (tertiary/aromatic N) is 3. The molecule has 1 atom stereocenters. The van der Waals surface area contributed by atoms with E-state index in [-0.39, 0.29) is 28.4 Å². The Labute approximate surface area is 138 Å². The fourth-order valence-corrected chi connectivity index (χ4v) is 3.35. The highest BCUT2D eigenvalue weighted by Gasteiger charge is 2.24. The molecule has 0 saturated carbocycles. The van der Waals surface area contributed by atoms with Crippen LogP contribution in [0.3, 0.4) is 0 Å². The normalized spacial score (nSPS) is 18.6. The Hall–Kier alpha value is -1.54. The molecule has 2 aromatic heterocycles. The summed E-state index contributed by atoms with van der Waals surface area (Å²) in [4.78, 5) is 16.9. The zero-order valence-electron chi connectivity index (χ0n) is 11.8. The molecule has 2 aromatic rings. The van der Waals surface area contributed by atoms with Gasteiger partial charge in [0.2, 0.25) is 0 Å². The summed E-state index contributed by atoms with van der Waals surface area (Å²) in [5, 5.41) is 16.3. The van der Waals surface area contributed by atoms with Gasteiger partial charge in [0.15, 0.2) is 0 Å². The molecule has 3 rings (SSSR count). The Bertz CT molecular complexity index is 622. The lowest BCUT2D eigenvalue weighted by Crippen LogP contribution is -2.45. The molecule has 0 aliphatic carbocycles. The lowest BCUT2D eigenvalue weighted by atomic mass is 10.0. The molecule has 1 aliphatic rings. The van der Waals surface area contributed by atoms with Gasteiger partial charge < -0.3 is 5.32 Å². The Morgan fingerprint density at radius 1 is 1.45 bits per heavy atom. The first kappa shape index (κ1) is 16.8. The standard InChI is InChI=1S/C14H16N4O2S.ClH/c19-18(20)14-7-11(10-21-14)9-17-6-5-16-8-13(17)12-1-3-15-4-2-12;/h1-4,7,10,13,16H,5-6,8-9H2;1H. The monoisotopic (exact) mass is 340 g/mol. The molecule has 1 aliphatic heterocycles. The van der Waals surface area contributed by atoms with Crippen LogP contribution in [-0.2, 0) is 6.54 Å². The molecule has 3 heterocycles. The fourth-order valence-electron chi connectivity index (χ4n) is 2.63.